The van der Waals surface area contributed by atoms with Crippen molar-refractivity contribution in [3.05, 3.63) is 60.0 Å². The summed E-state index contributed by atoms with van der Waals surface area (Å²) in [7, 11) is 1.32. The van der Waals surface area contributed by atoms with Gasteiger partial charge in [-0.05, 0) is 36.4 Å². The number of carboxylic acids is 1. The summed E-state index contributed by atoms with van der Waals surface area (Å²) in [5.41, 5.74) is 2.43. The number of ether oxygens (including phenoxy) is 1. The average Bonchev–Trinajstić information content (AvgIpc) is 2.61. The number of benzene rings is 1. The first-order chi connectivity index (χ1) is 11.6. The molecule has 0 radical (unpaired) electrons. The number of fused-ring (bicyclic) bond motifs is 1. The molecule has 0 amide bonds. The number of carboxylic acid groups (broad SMARTS) is 1. The highest BCUT2D eigenvalue weighted by Crippen LogP contribution is 2.26. The van der Waals surface area contributed by atoms with Crippen LogP contribution in [-0.2, 0) is 4.74 Å². The van der Waals surface area contributed by atoms with E-state index < -0.39 is 11.9 Å². The van der Waals surface area contributed by atoms with Gasteiger partial charge in [0.05, 0.1) is 30.1 Å². The molecule has 7 nitrogen and oxygen atoms in total. The zero-order valence-corrected chi connectivity index (χ0v) is 12.7. The summed E-state index contributed by atoms with van der Waals surface area (Å²) in [6.07, 6.45) is 3.07. The van der Waals surface area contributed by atoms with Crippen molar-refractivity contribution in [1.82, 2.24) is 9.97 Å². The number of rotatable bonds is 4. The molecule has 0 saturated heterocycles. The Kier molecular flexibility index (Phi) is 4.07. The third kappa shape index (κ3) is 3.00. The maximum atomic E-state index is 11.7. The number of anilines is 2. The maximum absolute atomic E-state index is 11.7. The Hall–Kier alpha value is -3.48. The zero-order valence-electron chi connectivity index (χ0n) is 12.7. The van der Waals surface area contributed by atoms with E-state index in [-0.39, 0.29) is 5.69 Å². The molecule has 0 saturated carbocycles. The molecule has 7 heteroatoms. The van der Waals surface area contributed by atoms with E-state index >= 15 is 0 Å². The van der Waals surface area contributed by atoms with E-state index in [0.29, 0.717) is 16.8 Å². The Morgan fingerprint density at radius 1 is 1.12 bits per heavy atom. The summed E-state index contributed by atoms with van der Waals surface area (Å²) in [5.74, 6) is -1.52. The van der Waals surface area contributed by atoms with Gasteiger partial charge in [0, 0.05) is 17.3 Å². The summed E-state index contributed by atoms with van der Waals surface area (Å²) < 4.78 is 4.73. The van der Waals surface area contributed by atoms with Crippen molar-refractivity contribution in [3.8, 4) is 0 Å². The molecule has 2 aromatic heterocycles. The van der Waals surface area contributed by atoms with Gasteiger partial charge in [0.15, 0.2) is 0 Å². The van der Waals surface area contributed by atoms with E-state index in [1.807, 2.05) is 0 Å². The second-order valence-electron chi connectivity index (χ2n) is 4.94. The van der Waals surface area contributed by atoms with Crippen LogP contribution in [0.5, 0.6) is 0 Å². The molecule has 0 aliphatic carbocycles. The first-order valence-electron chi connectivity index (χ1n) is 7.02. The predicted molar refractivity (Wildman–Crippen MR) is 87.6 cm³/mol. The topological polar surface area (TPSA) is 101 Å². The highest BCUT2D eigenvalue weighted by Gasteiger charge is 2.10. The number of carbonyl (C=O) groups is 2. The van der Waals surface area contributed by atoms with Gasteiger partial charge >= 0.3 is 11.9 Å². The largest absolute Gasteiger partial charge is 0.477 e. The lowest BCUT2D eigenvalue weighted by Gasteiger charge is -2.10. The molecule has 24 heavy (non-hydrogen) atoms. The maximum Gasteiger partial charge on any atom is 0.354 e. The van der Waals surface area contributed by atoms with E-state index in [2.05, 4.69) is 15.3 Å². The highest BCUT2D eigenvalue weighted by molar-refractivity contribution is 5.99. The van der Waals surface area contributed by atoms with Gasteiger partial charge in [0.1, 0.15) is 5.69 Å². The lowest BCUT2D eigenvalue weighted by atomic mass is 10.1. The Balaban J connectivity index is 1.99. The van der Waals surface area contributed by atoms with Gasteiger partial charge in [-0.1, -0.05) is 0 Å². The molecular formula is C17H13N3O4. The molecule has 0 fully saturated rings. The number of hydrogen-bond donors (Lipinski definition) is 2. The second kappa shape index (κ2) is 6.33. The minimum absolute atomic E-state index is 0.0342. The standard InChI is InChI=1S/C17H13N3O4/c1-24-17(23)10-2-4-13-12(8-10)14(6-7-18-13)20-11-3-5-15(16(21)22)19-9-11/h2-9H,1H3,(H,18,20)(H,21,22). The molecule has 0 aliphatic rings. The van der Waals surface area contributed by atoms with Crippen molar-refractivity contribution in [2.75, 3.05) is 12.4 Å². The molecule has 0 bridgehead atoms. The van der Waals surface area contributed by atoms with E-state index in [9.17, 15) is 9.59 Å². The summed E-state index contributed by atoms with van der Waals surface area (Å²) in [5, 5.41) is 12.8. The molecule has 1 aromatic carbocycles. The molecule has 0 unspecified atom stereocenters. The van der Waals surface area contributed by atoms with Crippen LogP contribution in [0.4, 0.5) is 11.4 Å². The van der Waals surface area contributed by atoms with E-state index in [4.69, 9.17) is 9.84 Å². The molecule has 3 rings (SSSR count). The van der Waals surface area contributed by atoms with Gasteiger partial charge in [-0.2, -0.15) is 0 Å². The van der Waals surface area contributed by atoms with Crippen molar-refractivity contribution in [1.29, 1.82) is 0 Å². The van der Waals surface area contributed by atoms with Crippen molar-refractivity contribution < 1.29 is 19.4 Å². The van der Waals surface area contributed by atoms with Crippen molar-refractivity contribution in [2.45, 2.75) is 0 Å². The fourth-order valence-electron chi connectivity index (χ4n) is 2.25. The first-order valence-corrected chi connectivity index (χ1v) is 7.02. The van der Waals surface area contributed by atoms with Gasteiger partial charge in [-0.25, -0.2) is 14.6 Å². The summed E-state index contributed by atoms with van der Waals surface area (Å²) >= 11 is 0. The fraction of sp³-hybridized carbons (Fsp3) is 0.0588. The number of nitrogens with one attached hydrogen (secondary N) is 1. The van der Waals surface area contributed by atoms with Gasteiger partial charge in [-0.15, -0.1) is 0 Å². The summed E-state index contributed by atoms with van der Waals surface area (Å²) in [4.78, 5) is 30.7. The summed E-state index contributed by atoms with van der Waals surface area (Å²) in [6, 6.07) is 9.86. The molecule has 2 N–H and O–H groups in total. The number of hydrogen-bond acceptors (Lipinski definition) is 6. The Morgan fingerprint density at radius 2 is 1.96 bits per heavy atom. The van der Waals surface area contributed by atoms with Crippen molar-refractivity contribution in [2.24, 2.45) is 0 Å². The van der Waals surface area contributed by atoms with Gasteiger partial charge in [-0.3, -0.25) is 4.98 Å². The third-order valence-electron chi connectivity index (χ3n) is 3.42. The Labute approximate surface area is 136 Å². The quantitative estimate of drug-likeness (QED) is 0.712. The molecule has 120 valence electrons. The minimum atomic E-state index is -1.08. The fourth-order valence-corrected chi connectivity index (χ4v) is 2.25. The molecule has 3 aromatic rings. The van der Waals surface area contributed by atoms with Crippen LogP contribution in [-0.4, -0.2) is 34.1 Å². The van der Waals surface area contributed by atoms with Crippen LogP contribution < -0.4 is 5.32 Å². The Bertz CT molecular complexity index is 923. The third-order valence-corrected chi connectivity index (χ3v) is 3.42. The van der Waals surface area contributed by atoms with Crippen LogP contribution in [0.1, 0.15) is 20.8 Å². The molecule has 0 atom stereocenters. The average molecular weight is 323 g/mol. The van der Waals surface area contributed by atoms with Crippen molar-refractivity contribution >= 4 is 34.2 Å². The number of nitrogens with zero attached hydrogens (tertiary/aromatic N) is 2. The van der Waals surface area contributed by atoms with Gasteiger partial charge < -0.3 is 15.2 Å². The van der Waals surface area contributed by atoms with Gasteiger partial charge in [0.2, 0.25) is 0 Å². The number of pyridine rings is 2. The molecular weight excluding hydrogens is 310 g/mol. The highest BCUT2D eigenvalue weighted by atomic mass is 16.5. The van der Waals surface area contributed by atoms with E-state index in [1.54, 1.807) is 36.5 Å². The van der Waals surface area contributed by atoms with E-state index in [1.165, 1.54) is 19.4 Å². The normalized spacial score (nSPS) is 10.4. The second-order valence-corrected chi connectivity index (χ2v) is 4.94. The van der Waals surface area contributed by atoms with Crippen LogP contribution >= 0.6 is 0 Å². The first kappa shape index (κ1) is 15.4. The molecule has 0 spiro atoms. The van der Waals surface area contributed by atoms with Crippen LogP contribution in [0.25, 0.3) is 10.9 Å². The monoisotopic (exact) mass is 323 g/mol. The number of carbonyl (C=O) groups excluding carboxylic acids is 1. The van der Waals surface area contributed by atoms with Crippen LogP contribution in [0, 0.1) is 0 Å². The predicted octanol–water partition coefficient (Wildman–Crippen LogP) is 2.86. The number of aromatic carboxylic acids is 1. The summed E-state index contributed by atoms with van der Waals surface area (Å²) in [6.45, 7) is 0. The van der Waals surface area contributed by atoms with Crippen molar-refractivity contribution in [3.63, 3.8) is 0 Å². The van der Waals surface area contributed by atoms with Gasteiger partial charge in [0.25, 0.3) is 0 Å². The SMILES string of the molecule is COC(=O)c1ccc2nccc(Nc3ccc(C(=O)O)nc3)c2c1. The number of esters is 1. The number of methoxy groups -OCH3 is 1. The zero-order chi connectivity index (χ0) is 17.1. The van der Waals surface area contributed by atoms with Crippen LogP contribution in [0.15, 0.2) is 48.8 Å². The minimum Gasteiger partial charge on any atom is -0.477 e. The lowest BCUT2D eigenvalue weighted by molar-refractivity contribution is 0.0600. The molecule has 2 heterocycles. The molecule has 0 aliphatic heterocycles. The van der Waals surface area contributed by atoms with Crippen LogP contribution in [0.2, 0.25) is 0 Å². The van der Waals surface area contributed by atoms with E-state index in [0.717, 1.165) is 11.1 Å². The lowest BCUT2D eigenvalue weighted by Crippen LogP contribution is -2.02. The number of aromatic nitrogens is 2. The Morgan fingerprint density at radius 3 is 2.62 bits per heavy atom. The van der Waals surface area contributed by atoms with Crippen LogP contribution in [0.3, 0.4) is 0 Å². The smallest absolute Gasteiger partial charge is 0.354 e.